The Labute approximate surface area is 190 Å². The first-order valence-electron chi connectivity index (χ1n) is 10.1. The number of pyridine rings is 1. The van der Waals surface area contributed by atoms with Gasteiger partial charge in [-0.25, -0.2) is 4.79 Å². The van der Waals surface area contributed by atoms with Crippen molar-refractivity contribution in [1.29, 1.82) is 0 Å². The minimum atomic E-state index is -1.11. The van der Waals surface area contributed by atoms with Gasteiger partial charge in [0, 0.05) is 24.4 Å². The number of methoxy groups -OCH3 is 1. The molecule has 3 aromatic rings. The first kappa shape index (κ1) is 23.4. The molecule has 0 aliphatic rings. The SMILES string of the molecule is COc1ccccc1-c1cccc([C@H](CC(=O)O)NC(=O)Nc2c(O)c(C)cn(C)c2=O)c1. The van der Waals surface area contributed by atoms with Gasteiger partial charge in [0.05, 0.1) is 19.6 Å². The van der Waals surface area contributed by atoms with Gasteiger partial charge in [0.25, 0.3) is 5.56 Å². The number of ether oxygens (including phenoxy) is 1. The lowest BCUT2D eigenvalue weighted by atomic mass is 9.97. The number of aryl methyl sites for hydroxylation is 2. The minimum absolute atomic E-state index is 0.285. The maximum atomic E-state index is 12.7. The number of aromatic nitrogens is 1. The molecular formula is C24H25N3O6. The number of carbonyl (C=O) groups excluding carboxylic acids is 1. The van der Waals surface area contributed by atoms with Crippen LogP contribution in [0.15, 0.2) is 59.5 Å². The molecule has 0 spiro atoms. The van der Waals surface area contributed by atoms with Crippen molar-refractivity contribution in [3.63, 3.8) is 0 Å². The number of amides is 2. The number of hydrogen-bond acceptors (Lipinski definition) is 5. The summed E-state index contributed by atoms with van der Waals surface area (Å²) in [6.45, 7) is 1.59. The lowest BCUT2D eigenvalue weighted by molar-refractivity contribution is -0.137. The Balaban J connectivity index is 1.91. The van der Waals surface area contributed by atoms with Crippen LogP contribution < -0.4 is 20.9 Å². The van der Waals surface area contributed by atoms with Gasteiger partial charge in [-0.3, -0.25) is 9.59 Å². The summed E-state index contributed by atoms with van der Waals surface area (Å²) in [5, 5.41) is 24.5. The summed E-state index contributed by atoms with van der Waals surface area (Å²) in [6, 6.07) is 12.8. The number of nitrogens with one attached hydrogen (secondary N) is 2. The van der Waals surface area contributed by atoms with Crippen LogP contribution in [0, 0.1) is 6.92 Å². The number of benzene rings is 2. The molecule has 0 aliphatic carbocycles. The highest BCUT2D eigenvalue weighted by Crippen LogP contribution is 2.31. The van der Waals surface area contributed by atoms with Crippen molar-refractivity contribution in [2.24, 2.45) is 7.05 Å². The van der Waals surface area contributed by atoms with Crippen molar-refractivity contribution in [3.05, 3.63) is 76.2 Å². The highest BCUT2D eigenvalue weighted by atomic mass is 16.5. The number of carboxylic acid groups (broad SMARTS) is 1. The summed E-state index contributed by atoms with van der Waals surface area (Å²) in [7, 11) is 3.06. The Morgan fingerprint density at radius 2 is 1.88 bits per heavy atom. The Morgan fingerprint density at radius 1 is 1.15 bits per heavy atom. The number of rotatable bonds is 7. The Morgan fingerprint density at radius 3 is 2.58 bits per heavy atom. The molecule has 3 rings (SSSR count). The molecule has 1 atom stereocenters. The van der Waals surface area contributed by atoms with Gasteiger partial charge in [0.2, 0.25) is 0 Å². The van der Waals surface area contributed by atoms with E-state index in [2.05, 4.69) is 10.6 Å². The van der Waals surface area contributed by atoms with Gasteiger partial charge >= 0.3 is 12.0 Å². The average molecular weight is 451 g/mol. The average Bonchev–Trinajstić information content (AvgIpc) is 2.80. The zero-order valence-corrected chi connectivity index (χ0v) is 18.5. The number of carboxylic acids is 1. The molecule has 0 fully saturated rings. The van der Waals surface area contributed by atoms with E-state index in [1.807, 2.05) is 30.3 Å². The van der Waals surface area contributed by atoms with E-state index in [4.69, 9.17) is 4.74 Å². The molecule has 2 amide bonds. The van der Waals surface area contributed by atoms with Gasteiger partial charge in [-0.1, -0.05) is 36.4 Å². The van der Waals surface area contributed by atoms with Crippen LogP contribution in [-0.2, 0) is 11.8 Å². The second kappa shape index (κ2) is 9.90. The zero-order valence-electron chi connectivity index (χ0n) is 18.5. The number of anilines is 1. The molecule has 4 N–H and O–H groups in total. The van der Waals surface area contributed by atoms with E-state index in [1.165, 1.54) is 17.8 Å². The third-order valence-electron chi connectivity index (χ3n) is 5.16. The number of carbonyl (C=O) groups is 2. The number of nitrogens with zero attached hydrogens (tertiary/aromatic N) is 1. The molecule has 0 radical (unpaired) electrons. The zero-order chi connectivity index (χ0) is 24.1. The molecule has 0 bridgehead atoms. The fourth-order valence-electron chi connectivity index (χ4n) is 3.54. The lowest BCUT2D eigenvalue weighted by Gasteiger charge is -2.19. The summed E-state index contributed by atoms with van der Waals surface area (Å²) < 4.78 is 6.64. The van der Waals surface area contributed by atoms with Crippen molar-refractivity contribution in [3.8, 4) is 22.6 Å². The second-order valence-electron chi connectivity index (χ2n) is 7.53. The van der Waals surface area contributed by atoms with E-state index < -0.39 is 23.6 Å². The summed E-state index contributed by atoms with van der Waals surface area (Å²) >= 11 is 0. The van der Waals surface area contributed by atoms with Crippen LogP contribution in [0.25, 0.3) is 11.1 Å². The van der Waals surface area contributed by atoms with Crippen LogP contribution in [-0.4, -0.2) is 33.9 Å². The third-order valence-corrected chi connectivity index (χ3v) is 5.16. The first-order valence-corrected chi connectivity index (χ1v) is 10.1. The van der Waals surface area contributed by atoms with Gasteiger partial charge in [0.1, 0.15) is 11.5 Å². The molecule has 172 valence electrons. The summed E-state index contributed by atoms with van der Waals surface area (Å²) in [5.74, 6) is -0.806. The van der Waals surface area contributed by atoms with E-state index in [9.17, 15) is 24.6 Å². The van der Waals surface area contributed by atoms with Crippen LogP contribution in [0.2, 0.25) is 0 Å². The molecule has 1 aromatic heterocycles. The molecular weight excluding hydrogens is 426 g/mol. The Kier molecular flexibility index (Phi) is 7.02. The molecule has 9 heteroatoms. The van der Waals surface area contributed by atoms with Gasteiger partial charge in [-0.15, -0.1) is 0 Å². The van der Waals surface area contributed by atoms with Gasteiger partial charge in [0.15, 0.2) is 5.69 Å². The van der Waals surface area contributed by atoms with E-state index in [-0.39, 0.29) is 17.9 Å². The molecule has 1 heterocycles. The normalized spacial score (nSPS) is 11.5. The van der Waals surface area contributed by atoms with Crippen LogP contribution in [0.3, 0.4) is 0 Å². The van der Waals surface area contributed by atoms with Gasteiger partial charge < -0.3 is 30.2 Å². The fraction of sp³-hybridized carbons (Fsp3) is 0.208. The molecule has 0 unspecified atom stereocenters. The quantitative estimate of drug-likeness (QED) is 0.436. The van der Waals surface area contributed by atoms with Crippen molar-refractivity contribution in [2.75, 3.05) is 12.4 Å². The van der Waals surface area contributed by atoms with E-state index in [0.29, 0.717) is 16.9 Å². The fourth-order valence-corrected chi connectivity index (χ4v) is 3.54. The van der Waals surface area contributed by atoms with Gasteiger partial charge in [-0.2, -0.15) is 0 Å². The summed E-state index contributed by atoms with van der Waals surface area (Å²) in [6.07, 6.45) is 1.05. The van der Waals surface area contributed by atoms with E-state index in [0.717, 1.165) is 11.1 Å². The minimum Gasteiger partial charge on any atom is -0.505 e. The largest absolute Gasteiger partial charge is 0.505 e. The molecule has 9 nitrogen and oxygen atoms in total. The standard InChI is InChI=1S/C24H25N3O6/c1-14-13-27(2)23(31)21(22(14)30)26-24(32)25-18(12-20(28)29)16-8-6-7-15(11-16)17-9-4-5-10-19(17)33-3/h4-11,13,18,30H,12H2,1-3H3,(H,28,29)(H2,25,26,32)/t18-/m0/s1. The van der Waals surface area contributed by atoms with Crippen molar-refractivity contribution in [2.45, 2.75) is 19.4 Å². The third kappa shape index (κ3) is 5.32. The summed E-state index contributed by atoms with van der Waals surface area (Å²) in [5.41, 5.74) is 1.67. The van der Waals surface area contributed by atoms with Crippen LogP contribution in [0.5, 0.6) is 11.5 Å². The Bertz CT molecular complexity index is 1250. The highest BCUT2D eigenvalue weighted by Gasteiger charge is 2.21. The lowest BCUT2D eigenvalue weighted by Crippen LogP contribution is -2.36. The molecule has 33 heavy (non-hydrogen) atoms. The number of aromatic hydroxyl groups is 1. The molecule has 2 aromatic carbocycles. The Hall–Kier alpha value is -4.27. The number of hydrogen-bond donors (Lipinski definition) is 4. The smallest absolute Gasteiger partial charge is 0.319 e. The number of urea groups is 1. The monoisotopic (exact) mass is 451 g/mol. The van der Waals surface area contributed by atoms with Crippen molar-refractivity contribution < 1.29 is 24.5 Å². The number of para-hydroxylation sites is 1. The predicted octanol–water partition coefficient (Wildman–Crippen LogP) is 3.41. The number of aliphatic carboxylic acids is 1. The maximum absolute atomic E-state index is 12.7. The van der Waals surface area contributed by atoms with Crippen LogP contribution >= 0.6 is 0 Å². The first-order chi connectivity index (χ1) is 15.7. The van der Waals surface area contributed by atoms with Crippen LogP contribution in [0.1, 0.15) is 23.6 Å². The van der Waals surface area contributed by atoms with Gasteiger partial charge in [-0.05, 0) is 30.2 Å². The highest BCUT2D eigenvalue weighted by molar-refractivity contribution is 5.91. The molecule has 0 saturated heterocycles. The molecule has 0 saturated carbocycles. The van der Waals surface area contributed by atoms with E-state index in [1.54, 1.807) is 32.2 Å². The second-order valence-corrected chi connectivity index (χ2v) is 7.53. The maximum Gasteiger partial charge on any atom is 0.319 e. The summed E-state index contributed by atoms with van der Waals surface area (Å²) in [4.78, 5) is 36.5. The predicted molar refractivity (Wildman–Crippen MR) is 124 cm³/mol. The van der Waals surface area contributed by atoms with Crippen LogP contribution in [0.4, 0.5) is 10.5 Å². The molecule has 0 aliphatic heterocycles. The van der Waals surface area contributed by atoms with Crippen molar-refractivity contribution >= 4 is 17.7 Å². The van der Waals surface area contributed by atoms with Crippen molar-refractivity contribution in [1.82, 2.24) is 9.88 Å². The topological polar surface area (TPSA) is 130 Å². The van der Waals surface area contributed by atoms with E-state index >= 15 is 0 Å².